The highest BCUT2D eigenvalue weighted by atomic mass is 35.5. The lowest BCUT2D eigenvalue weighted by molar-refractivity contribution is 0.482. The number of ether oxygens (including phenoxy) is 1. The van der Waals surface area contributed by atoms with Gasteiger partial charge >= 0.3 is 0 Å². The molecule has 0 unspecified atom stereocenters. The van der Waals surface area contributed by atoms with E-state index in [0.29, 0.717) is 28.6 Å². The second kappa shape index (κ2) is 7.54. The Bertz CT molecular complexity index is 855. The first kappa shape index (κ1) is 15.9. The fraction of sp³-hybridized carbons (Fsp3) is 0.0500. The summed E-state index contributed by atoms with van der Waals surface area (Å²) in [6, 6.07) is 24.6. The van der Waals surface area contributed by atoms with Crippen LogP contribution in [0, 0.1) is 11.3 Å². The molecule has 0 aliphatic rings. The Kier molecular flexibility index (Phi) is 5.00. The van der Waals surface area contributed by atoms with Crippen LogP contribution in [0.4, 0.5) is 5.69 Å². The van der Waals surface area contributed by atoms with E-state index >= 15 is 0 Å². The Morgan fingerprint density at radius 3 is 2.29 bits per heavy atom. The molecule has 0 saturated heterocycles. The zero-order valence-corrected chi connectivity index (χ0v) is 13.6. The van der Waals surface area contributed by atoms with Crippen molar-refractivity contribution in [3.05, 3.63) is 88.9 Å². The summed E-state index contributed by atoms with van der Waals surface area (Å²) in [5, 5.41) is 12.8. The van der Waals surface area contributed by atoms with Crippen LogP contribution >= 0.6 is 11.6 Å². The van der Waals surface area contributed by atoms with E-state index in [1.807, 2.05) is 42.5 Å². The Hall–Kier alpha value is -2.96. The minimum atomic E-state index is 0.600. The zero-order chi connectivity index (χ0) is 16.8. The molecule has 0 saturated carbocycles. The minimum Gasteiger partial charge on any atom is -0.457 e. The van der Waals surface area contributed by atoms with E-state index in [-0.39, 0.29) is 0 Å². The molecule has 3 aromatic rings. The quantitative estimate of drug-likeness (QED) is 0.659. The molecule has 0 heterocycles. The van der Waals surface area contributed by atoms with Gasteiger partial charge in [-0.05, 0) is 54.1 Å². The third kappa shape index (κ3) is 4.07. The van der Waals surface area contributed by atoms with Gasteiger partial charge in [-0.1, -0.05) is 35.9 Å². The second-order valence-electron chi connectivity index (χ2n) is 5.21. The molecule has 3 aromatic carbocycles. The molecule has 4 heteroatoms. The van der Waals surface area contributed by atoms with Crippen molar-refractivity contribution in [2.75, 3.05) is 5.32 Å². The maximum Gasteiger partial charge on any atom is 0.128 e. The van der Waals surface area contributed by atoms with E-state index in [4.69, 9.17) is 21.6 Å². The summed E-state index contributed by atoms with van der Waals surface area (Å²) in [6.45, 7) is 0.639. The van der Waals surface area contributed by atoms with E-state index in [2.05, 4.69) is 11.4 Å². The van der Waals surface area contributed by atoms with E-state index in [1.165, 1.54) is 0 Å². The van der Waals surface area contributed by atoms with E-state index < -0.39 is 0 Å². The number of halogens is 1. The van der Waals surface area contributed by atoms with Crippen molar-refractivity contribution in [2.24, 2.45) is 0 Å². The molecular weight excluding hydrogens is 320 g/mol. The van der Waals surface area contributed by atoms with Gasteiger partial charge in [0.1, 0.15) is 11.5 Å². The highest BCUT2D eigenvalue weighted by Crippen LogP contribution is 2.27. The van der Waals surface area contributed by atoms with Crippen molar-refractivity contribution in [2.45, 2.75) is 6.54 Å². The number of anilines is 1. The van der Waals surface area contributed by atoms with Crippen molar-refractivity contribution in [1.82, 2.24) is 0 Å². The third-order valence-corrected chi connectivity index (χ3v) is 3.85. The monoisotopic (exact) mass is 334 g/mol. The average molecular weight is 335 g/mol. The molecule has 3 rings (SSSR count). The number of nitrogens with one attached hydrogen (secondary N) is 1. The Labute approximate surface area is 146 Å². The normalized spacial score (nSPS) is 10.0. The molecule has 0 bridgehead atoms. The lowest BCUT2D eigenvalue weighted by Crippen LogP contribution is -1.99. The van der Waals surface area contributed by atoms with Crippen LogP contribution in [0.2, 0.25) is 5.02 Å². The van der Waals surface area contributed by atoms with Crippen LogP contribution in [0.5, 0.6) is 11.5 Å². The first-order chi connectivity index (χ1) is 11.7. The Balaban J connectivity index is 1.66. The van der Waals surface area contributed by atoms with Crippen molar-refractivity contribution in [1.29, 1.82) is 5.26 Å². The van der Waals surface area contributed by atoms with Gasteiger partial charge in [0.05, 0.1) is 11.6 Å². The molecule has 0 fully saturated rings. The van der Waals surface area contributed by atoms with E-state index in [9.17, 15) is 0 Å². The van der Waals surface area contributed by atoms with Gasteiger partial charge in [0.15, 0.2) is 0 Å². The van der Waals surface area contributed by atoms with Gasteiger partial charge in [-0.15, -0.1) is 0 Å². The summed E-state index contributed by atoms with van der Waals surface area (Å²) in [7, 11) is 0. The number of nitriles is 1. The fourth-order valence-electron chi connectivity index (χ4n) is 2.22. The first-order valence-corrected chi connectivity index (χ1v) is 7.88. The molecule has 118 valence electrons. The molecule has 24 heavy (non-hydrogen) atoms. The summed E-state index contributed by atoms with van der Waals surface area (Å²) in [6.07, 6.45) is 0. The number of hydrogen-bond acceptors (Lipinski definition) is 3. The predicted molar refractivity (Wildman–Crippen MR) is 96.5 cm³/mol. The predicted octanol–water partition coefficient (Wildman–Crippen LogP) is 5.62. The summed E-state index contributed by atoms with van der Waals surface area (Å²) in [4.78, 5) is 0. The third-order valence-electron chi connectivity index (χ3n) is 3.50. The SMILES string of the molecule is N#Cc1ccc(Oc2ccc(CNc3ccccc3)c(Cl)c2)cc1. The van der Waals surface area contributed by atoms with Gasteiger partial charge in [0, 0.05) is 17.3 Å². The van der Waals surface area contributed by atoms with Crippen LogP contribution in [0.1, 0.15) is 11.1 Å². The molecule has 3 nitrogen and oxygen atoms in total. The van der Waals surface area contributed by atoms with Crippen LogP contribution in [0.15, 0.2) is 72.8 Å². The summed E-state index contributed by atoms with van der Waals surface area (Å²) >= 11 is 6.35. The van der Waals surface area contributed by atoms with Crippen molar-refractivity contribution in [3.8, 4) is 17.6 Å². The van der Waals surface area contributed by atoms with Crippen molar-refractivity contribution < 1.29 is 4.74 Å². The molecule has 0 aliphatic carbocycles. The largest absolute Gasteiger partial charge is 0.457 e. The van der Waals surface area contributed by atoms with Gasteiger partial charge in [-0.3, -0.25) is 0 Å². The van der Waals surface area contributed by atoms with Crippen molar-refractivity contribution in [3.63, 3.8) is 0 Å². The highest BCUT2D eigenvalue weighted by Gasteiger charge is 2.04. The standard InChI is InChI=1S/C20H15ClN2O/c21-20-12-19(24-18-9-6-15(13-22)7-10-18)11-8-16(20)14-23-17-4-2-1-3-5-17/h1-12,23H,14H2. The van der Waals surface area contributed by atoms with Gasteiger partial charge in [-0.2, -0.15) is 5.26 Å². The molecule has 0 aliphatic heterocycles. The highest BCUT2D eigenvalue weighted by molar-refractivity contribution is 6.31. The number of hydrogen-bond donors (Lipinski definition) is 1. The molecule has 1 N–H and O–H groups in total. The average Bonchev–Trinajstić information content (AvgIpc) is 2.62. The summed E-state index contributed by atoms with van der Waals surface area (Å²) in [5.41, 5.74) is 2.64. The first-order valence-electron chi connectivity index (χ1n) is 7.50. The van der Waals surface area contributed by atoms with Crippen LogP contribution in [-0.4, -0.2) is 0 Å². The van der Waals surface area contributed by atoms with Crippen LogP contribution in [0.25, 0.3) is 0 Å². The lowest BCUT2D eigenvalue weighted by Gasteiger charge is -2.10. The van der Waals surface area contributed by atoms with Crippen molar-refractivity contribution >= 4 is 17.3 Å². The number of para-hydroxylation sites is 1. The zero-order valence-electron chi connectivity index (χ0n) is 12.9. The minimum absolute atomic E-state index is 0.600. The summed E-state index contributed by atoms with van der Waals surface area (Å²) < 4.78 is 5.76. The molecule has 0 radical (unpaired) electrons. The topological polar surface area (TPSA) is 45.0 Å². The molecule has 0 spiro atoms. The number of benzene rings is 3. The van der Waals surface area contributed by atoms with Gasteiger partial charge in [0.2, 0.25) is 0 Å². The Morgan fingerprint density at radius 2 is 1.62 bits per heavy atom. The summed E-state index contributed by atoms with van der Waals surface area (Å²) in [5.74, 6) is 1.33. The number of nitrogens with zero attached hydrogens (tertiary/aromatic N) is 1. The Morgan fingerprint density at radius 1 is 0.917 bits per heavy atom. The second-order valence-corrected chi connectivity index (χ2v) is 5.62. The smallest absolute Gasteiger partial charge is 0.128 e. The van der Waals surface area contributed by atoms with Gasteiger partial charge in [-0.25, -0.2) is 0 Å². The van der Waals surface area contributed by atoms with Crippen LogP contribution in [0.3, 0.4) is 0 Å². The number of rotatable bonds is 5. The van der Waals surface area contributed by atoms with Gasteiger partial charge in [0.25, 0.3) is 0 Å². The molecular formula is C20H15ClN2O. The van der Waals surface area contributed by atoms with Gasteiger partial charge < -0.3 is 10.1 Å². The van der Waals surface area contributed by atoms with Crippen LogP contribution < -0.4 is 10.1 Å². The molecule has 0 aromatic heterocycles. The maximum atomic E-state index is 8.80. The molecule has 0 atom stereocenters. The molecule has 0 amide bonds. The van der Waals surface area contributed by atoms with E-state index in [1.54, 1.807) is 30.3 Å². The van der Waals surface area contributed by atoms with Crippen LogP contribution in [-0.2, 0) is 6.54 Å². The van der Waals surface area contributed by atoms with E-state index in [0.717, 1.165) is 11.3 Å². The maximum absolute atomic E-state index is 8.80. The fourth-order valence-corrected chi connectivity index (χ4v) is 2.46. The lowest BCUT2D eigenvalue weighted by atomic mass is 10.2.